The lowest BCUT2D eigenvalue weighted by Crippen LogP contribution is -2.36. The third kappa shape index (κ3) is 5.32. The summed E-state index contributed by atoms with van der Waals surface area (Å²) < 4.78 is 0. The summed E-state index contributed by atoms with van der Waals surface area (Å²) in [4.78, 5) is 16.8. The van der Waals surface area contributed by atoms with Gasteiger partial charge in [-0.1, -0.05) is 18.2 Å². The van der Waals surface area contributed by atoms with Gasteiger partial charge in [-0.15, -0.1) is 35.3 Å². The van der Waals surface area contributed by atoms with Gasteiger partial charge < -0.3 is 15.5 Å². The average Bonchev–Trinajstić information content (AvgIpc) is 2.98. The molecule has 0 aliphatic carbocycles. The Morgan fingerprint density at radius 1 is 1.11 bits per heavy atom. The first-order chi connectivity index (χ1) is 13.0. The van der Waals surface area contributed by atoms with Crippen molar-refractivity contribution in [2.24, 2.45) is 4.99 Å². The van der Waals surface area contributed by atoms with E-state index in [9.17, 15) is 0 Å². The number of pyridine rings is 1. The van der Waals surface area contributed by atoms with Gasteiger partial charge in [-0.3, -0.25) is 4.99 Å². The highest BCUT2D eigenvalue weighted by atomic mass is 127. The molecule has 1 aromatic carbocycles. The zero-order valence-electron chi connectivity index (χ0n) is 16.9. The standard InChI is InChI=1S/C20H26N6S.HI/c1-13-18(27-14(2)24-13)12-23-20(21-3)22-11-15-10-19(26(4)5)25-17-9-7-6-8-16(15)17;/h6-10H,11-12H2,1-5H3,(H2,21,22,23);1H. The van der Waals surface area contributed by atoms with Crippen molar-refractivity contribution < 1.29 is 0 Å². The van der Waals surface area contributed by atoms with Crippen molar-refractivity contribution in [3.63, 3.8) is 0 Å². The lowest BCUT2D eigenvalue weighted by Gasteiger charge is -2.17. The van der Waals surface area contributed by atoms with E-state index >= 15 is 0 Å². The fraction of sp³-hybridized carbons (Fsp3) is 0.350. The van der Waals surface area contributed by atoms with E-state index in [4.69, 9.17) is 4.98 Å². The quantitative estimate of drug-likeness (QED) is 0.310. The number of thiazole rings is 1. The zero-order valence-corrected chi connectivity index (χ0v) is 20.1. The molecule has 0 bridgehead atoms. The lowest BCUT2D eigenvalue weighted by atomic mass is 10.1. The summed E-state index contributed by atoms with van der Waals surface area (Å²) in [5.41, 5.74) is 3.27. The van der Waals surface area contributed by atoms with E-state index in [1.165, 1.54) is 10.4 Å². The van der Waals surface area contributed by atoms with Crippen LogP contribution in [-0.2, 0) is 13.1 Å². The van der Waals surface area contributed by atoms with Crippen LogP contribution in [0.3, 0.4) is 0 Å². The summed E-state index contributed by atoms with van der Waals surface area (Å²) in [6.07, 6.45) is 0. The Labute approximate surface area is 187 Å². The number of fused-ring (bicyclic) bond motifs is 1. The largest absolute Gasteiger partial charge is 0.363 e. The van der Waals surface area contributed by atoms with Crippen molar-refractivity contribution in [3.8, 4) is 0 Å². The van der Waals surface area contributed by atoms with E-state index in [0.29, 0.717) is 6.54 Å². The molecule has 2 aromatic heterocycles. The van der Waals surface area contributed by atoms with Gasteiger partial charge in [0.25, 0.3) is 0 Å². The average molecular weight is 510 g/mol. The molecule has 2 heterocycles. The summed E-state index contributed by atoms with van der Waals surface area (Å²) in [5.74, 6) is 1.72. The molecule has 0 atom stereocenters. The summed E-state index contributed by atoms with van der Waals surface area (Å²) in [6.45, 7) is 5.47. The second kappa shape index (κ2) is 10.0. The number of anilines is 1. The van der Waals surface area contributed by atoms with E-state index in [1.54, 1.807) is 18.4 Å². The Balaban J connectivity index is 0.00000280. The number of nitrogens with one attached hydrogen (secondary N) is 2. The molecule has 0 saturated heterocycles. The van der Waals surface area contributed by atoms with Crippen molar-refractivity contribution in [1.29, 1.82) is 0 Å². The Bertz CT molecular complexity index is 966. The molecule has 0 radical (unpaired) electrons. The Morgan fingerprint density at radius 2 is 1.82 bits per heavy atom. The van der Waals surface area contributed by atoms with Crippen molar-refractivity contribution in [2.75, 3.05) is 26.0 Å². The van der Waals surface area contributed by atoms with Crippen LogP contribution in [0.25, 0.3) is 10.9 Å². The normalized spacial score (nSPS) is 11.2. The zero-order chi connectivity index (χ0) is 19.4. The fourth-order valence-electron chi connectivity index (χ4n) is 2.91. The first kappa shape index (κ1) is 22.4. The summed E-state index contributed by atoms with van der Waals surface area (Å²) >= 11 is 1.72. The highest BCUT2D eigenvalue weighted by molar-refractivity contribution is 14.0. The predicted molar refractivity (Wildman–Crippen MR) is 130 cm³/mol. The Morgan fingerprint density at radius 3 is 2.46 bits per heavy atom. The Kier molecular flexibility index (Phi) is 7.99. The van der Waals surface area contributed by atoms with Crippen molar-refractivity contribution in [2.45, 2.75) is 26.9 Å². The number of para-hydroxylation sites is 1. The highest BCUT2D eigenvalue weighted by Gasteiger charge is 2.09. The maximum Gasteiger partial charge on any atom is 0.191 e. The molecule has 3 rings (SSSR count). The first-order valence-corrected chi connectivity index (χ1v) is 9.73. The molecule has 6 nitrogen and oxygen atoms in total. The number of rotatable bonds is 5. The number of aliphatic imine (C=N–C) groups is 1. The van der Waals surface area contributed by atoms with Crippen molar-refractivity contribution >= 4 is 58.0 Å². The number of aromatic nitrogens is 2. The molecular formula is C20H27IN6S. The molecule has 150 valence electrons. The maximum absolute atomic E-state index is 4.72. The number of nitrogens with zero attached hydrogens (tertiary/aromatic N) is 4. The molecule has 8 heteroatoms. The minimum atomic E-state index is 0. The molecule has 3 aromatic rings. The van der Waals surface area contributed by atoms with Gasteiger partial charge >= 0.3 is 0 Å². The van der Waals surface area contributed by atoms with Gasteiger partial charge in [-0.2, -0.15) is 0 Å². The fourth-order valence-corrected chi connectivity index (χ4v) is 3.79. The third-order valence-corrected chi connectivity index (χ3v) is 5.41. The number of benzene rings is 1. The van der Waals surface area contributed by atoms with Crippen LogP contribution in [0.4, 0.5) is 5.82 Å². The minimum absolute atomic E-state index is 0. The molecule has 28 heavy (non-hydrogen) atoms. The van der Waals surface area contributed by atoms with Gasteiger partial charge in [0.05, 0.1) is 22.8 Å². The molecule has 0 amide bonds. The number of hydrogen-bond acceptors (Lipinski definition) is 5. The van der Waals surface area contributed by atoms with E-state index in [2.05, 4.69) is 32.7 Å². The van der Waals surface area contributed by atoms with Crippen LogP contribution in [0.1, 0.15) is 21.1 Å². The van der Waals surface area contributed by atoms with E-state index in [0.717, 1.165) is 39.9 Å². The maximum atomic E-state index is 4.72. The van der Waals surface area contributed by atoms with Crippen LogP contribution in [0, 0.1) is 13.8 Å². The third-order valence-electron chi connectivity index (χ3n) is 4.33. The molecule has 0 aliphatic rings. The minimum Gasteiger partial charge on any atom is -0.363 e. The van der Waals surface area contributed by atoms with E-state index in [-0.39, 0.29) is 24.0 Å². The molecule has 0 saturated carbocycles. The van der Waals surface area contributed by atoms with Crippen LogP contribution < -0.4 is 15.5 Å². The van der Waals surface area contributed by atoms with Crippen LogP contribution in [0.5, 0.6) is 0 Å². The predicted octanol–water partition coefficient (Wildman–Crippen LogP) is 3.86. The number of aryl methyl sites for hydroxylation is 2. The van der Waals surface area contributed by atoms with Crippen LogP contribution in [0.15, 0.2) is 35.3 Å². The smallest absolute Gasteiger partial charge is 0.191 e. The molecule has 0 spiro atoms. The molecule has 0 aliphatic heterocycles. The van der Waals surface area contributed by atoms with Gasteiger partial charge in [0.1, 0.15) is 5.82 Å². The van der Waals surface area contributed by atoms with Crippen molar-refractivity contribution in [3.05, 3.63) is 51.5 Å². The monoisotopic (exact) mass is 510 g/mol. The van der Waals surface area contributed by atoms with Gasteiger partial charge in [0.2, 0.25) is 0 Å². The van der Waals surface area contributed by atoms with Crippen LogP contribution in [-0.4, -0.2) is 37.1 Å². The van der Waals surface area contributed by atoms with Gasteiger partial charge in [-0.25, -0.2) is 9.97 Å². The molecular weight excluding hydrogens is 483 g/mol. The van der Waals surface area contributed by atoms with Crippen LogP contribution >= 0.6 is 35.3 Å². The van der Waals surface area contributed by atoms with Gasteiger partial charge in [0, 0.05) is 38.0 Å². The SMILES string of the molecule is CN=C(NCc1sc(C)nc1C)NCc1cc(N(C)C)nc2ccccc12.I. The van der Waals surface area contributed by atoms with Crippen LogP contribution in [0.2, 0.25) is 0 Å². The Hall–Kier alpha value is -1.94. The molecule has 0 fully saturated rings. The van der Waals surface area contributed by atoms with E-state index < -0.39 is 0 Å². The topological polar surface area (TPSA) is 65.4 Å². The molecule has 2 N–H and O–H groups in total. The summed E-state index contributed by atoms with van der Waals surface area (Å²) in [6, 6.07) is 10.3. The summed E-state index contributed by atoms with van der Waals surface area (Å²) in [7, 11) is 5.80. The first-order valence-electron chi connectivity index (χ1n) is 8.91. The number of hydrogen-bond donors (Lipinski definition) is 2. The number of halogens is 1. The number of guanidine groups is 1. The summed E-state index contributed by atoms with van der Waals surface area (Å²) in [5, 5.41) is 9.04. The van der Waals surface area contributed by atoms with E-state index in [1.807, 2.05) is 51.0 Å². The highest BCUT2D eigenvalue weighted by Crippen LogP contribution is 2.22. The van der Waals surface area contributed by atoms with Gasteiger partial charge in [0.15, 0.2) is 5.96 Å². The van der Waals surface area contributed by atoms with Crippen molar-refractivity contribution in [1.82, 2.24) is 20.6 Å². The second-order valence-corrected chi connectivity index (χ2v) is 7.86. The lowest BCUT2D eigenvalue weighted by molar-refractivity contribution is 0.813. The second-order valence-electron chi connectivity index (χ2n) is 6.57. The molecule has 0 unspecified atom stereocenters. The van der Waals surface area contributed by atoms with Gasteiger partial charge in [-0.05, 0) is 31.5 Å².